The van der Waals surface area contributed by atoms with Crippen LogP contribution in [0.4, 0.5) is 0 Å². The van der Waals surface area contributed by atoms with Crippen molar-refractivity contribution in [2.24, 2.45) is 17.8 Å². The maximum absolute atomic E-state index is 12.4. The van der Waals surface area contributed by atoms with Gasteiger partial charge in [0.05, 0.1) is 6.04 Å². The number of amides is 1. The Morgan fingerprint density at radius 1 is 1.00 bits per heavy atom. The number of carbonyl (C=O) groups is 1. The summed E-state index contributed by atoms with van der Waals surface area (Å²) in [5.74, 6) is 2.71. The predicted molar refractivity (Wildman–Crippen MR) is 86.0 cm³/mol. The molecule has 120 valence electrons. The molecule has 1 heterocycles. The second-order valence-corrected chi connectivity index (χ2v) is 7.82. The molecule has 1 aliphatic heterocycles. The van der Waals surface area contributed by atoms with Crippen molar-refractivity contribution in [1.29, 1.82) is 0 Å². The molecule has 3 unspecified atom stereocenters. The first kappa shape index (κ1) is 15.3. The average molecular weight is 292 g/mol. The van der Waals surface area contributed by atoms with Crippen molar-refractivity contribution in [3.05, 3.63) is 0 Å². The van der Waals surface area contributed by atoms with E-state index >= 15 is 0 Å². The first-order valence-electron chi connectivity index (χ1n) is 9.26. The first-order valence-corrected chi connectivity index (χ1v) is 9.26. The maximum Gasteiger partial charge on any atom is 0.237 e. The summed E-state index contributed by atoms with van der Waals surface area (Å²) >= 11 is 0. The summed E-state index contributed by atoms with van der Waals surface area (Å²) in [6.07, 6.45) is 12.9. The molecule has 3 fully saturated rings. The molecule has 0 radical (unpaired) electrons. The van der Waals surface area contributed by atoms with Gasteiger partial charge in [0.25, 0.3) is 0 Å². The van der Waals surface area contributed by atoms with Crippen molar-refractivity contribution in [2.75, 3.05) is 6.54 Å². The molecule has 21 heavy (non-hydrogen) atoms. The number of fused-ring (bicyclic) bond motifs is 1. The Kier molecular flexibility index (Phi) is 5.20. The molecule has 0 aromatic carbocycles. The molecule has 0 aromatic rings. The molecular weight excluding hydrogens is 260 g/mol. The molecule has 1 saturated heterocycles. The van der Waals surface area contributed by atoms with E-state index in [0.29, 0.717) is 6.04 Å². The topological polar surface area (TPSA) is 41.1 Å². The van der Waals surface area contributed by atoms with E-state index in [4.69, 9.17) is 0 Å². The van der Waals surface area contributed by atoms with E-state index in [1.54, 1.807) is 0 Å². The highest BCUT2D eigenvalue weighted by molar-refractivity contribution is 5.81. The number of piperidine rings is 1. The van der Waals surface area contributed by atoms with Gasteiger partial charge in [-0.2, -0.15) is 0 Å². The maximum atomic E-state index is 12.4. The summed E-state index contributed by atoms with van der Waals surface area (Å²) in [5, 5.41) is 6.87. The van der Waals surface area contributed by atoms with Crippen LogP contribution in [-0.4, -0.2) is 24.5 Å². The SMILES string of the molecule is CC1CCC(CNC(=O)C2CCC3CCCCC3N2)CC1. The lowest BCUT2D eigenvalue weighted by Crippen LogP contribution is -2.55. The molecular formula is C18H32N2O. The predicted octanol–water partition coefficient (Wildman–Crippen LogP) is 3.24. The van der Waals surface area contributed by atoms with Crippen molar-refractivity contribution in [1.82, 2.24) is 10.6 Å². The Labute approximate surface area is 129 Å². The van der Waals surface area contributed by atoms with E-state index in [-0.39, 0.29) is 11.9 Å². The standard InChI is InChI=1S/C18H32N2O/c1-13-6-8-14(9-7-13)12-19-18(21)17-11-10-15-4-2-3-5-16(15)20-17/h13-17,20H,2-12H2,1H3,(H,19,21). The smallest absolute Gasteiger partial charge is 0.237 e. The van der Waals surface area contributed by atoms with Crippen molar-refractivity contribution >= 4 is 5.91 Å². The van der Waals surface area contributed by atoms with Gasteiger partial charge in [0.2, 0.25) is 5.91 Å². The average Bonchev–Trinajstić information content (AvgIpc) is 2.53. The largest absolute Gasteiger partial charge is 0.354 e. The number of hydrogen-bond acceptors (Lipinski definition) is 2. The fraction of sp³-hybridized carbons (Fsp3) is 0.944. The second-order valence-electron chi connectivity index (χ2n) is 7.82. The Morgan fingerprint density at radius 2 is 1.76 bits per heavy atom. The van der Waals surface area contributed by atoms with Crippen LogP contribution in [-0.2, 0) is 4.79 Å². The molecule has 2 aliphatic carbocycles. The van der Waals surface area contributed by atoms with E-state index in [1.165, 1.54) is 57.8 Å². The van der Waals surface area contributed by atoms with Gasteiger partial charge >= 0.3 is 0 Å². The highest BCUT2D eigenvalue weighted by Gasteiger charge is 2.34. The summed E-state index contributed by atoms with van der Waals surface area (Å²) in [4.78, 5) is 12.4. The number of rotatable bonds is 3. The van der Waals surface area contributed by atoms with Gasteiger partial charge in [0, 0.05) is 12.6 Å². The minimum absolute atomic E-state index is 0.0758. The lowest BCUT2D eigenvalue weighted by molar-refractivity contribution is -0.124. The third kappa shape index (κ3) is 4.00. The van der Waals surface area contributed by atoms with Crippen LogP contribution in [0.1, 0.15) is 71.1 Å². The molecule has 2 saturated carbocycles. The third-order valence-corrected chi connectivity index (χ3v) is 6.17. The monoisotopic (exact) mass is 292 g/mol. The lowest BCUT2D eigenvalue weighted by atomic mass is 9.77. The molecule has 3 heteroatoms. The summed E-state index contributed by atoms with van der Waals surface area (Å²) in [6.45, 7) is 3.25. The van der Waals surface area contributed by atoms with E-state index in [1.807, 2.05) is 0 Å². The van der Waals surface area contributed by atoms with Gasteiger partial charge in [-0.25, -0.2) is 0 Å². The molecule has 0 spiro atoms. The van der Waals surface area contributed by atoms with Crippen molar-refractivity contribution in [3.8, 4) is 0 Å². The molecule has 3 atom stereocenters. The molecule has 0 bridgehead atoms. The fourth-order valence-electron chi connectivity index (χ4n) is 4.60. The van der Waals surface area contributed by atoms with E-state index in [0.717, 1.165) is 30.7 Å². The van der Waals surface area contributed by atoms with Gasteiger partial charge in [-0.1, -0.05) is 32.6 Å². The van der Waals surface area contributed by atoms with Crippen molar-refractivity contribution in [3.63, 3.8) is 0 Å². The van der Waals surface area contributed by atoms with Crippen LogP contribution in [0.15, 0.2) is 0 Å². The Morgan fingerprint density at radius 3 is 2.57 bits per heavy atom. The lowest BCUT2D eigenvalue weighted by Gasteiger charge is -2.40. The third-order valence-electron chi connectivity index (χ3n) is 6.17. The molecule has 0 aromatic heterocycles. The second kappa shape index (κ2) is 7.13. The minimum Gasteiger partial charge on any atom is -0.354 e. The van der Waals surface area contributed by atoms with Gasteiger partial charge in [-0.15, -0.1) is 0 Å². The Balaban J connectivity index is 1.41. The Bertz CT molecular complexity index is 349. The van der Waals surface area contributed by atoms with E-state index in [2.05, 4.69) is 17.6 Å². The summed E-state index contributed by atoms with van der Waals surface area (Å²) in [5.41, 5.74) is 0. The minimum atomic E-state index is 0.0758. The van der Waals surface area contributed by atoms with Crippen LogP contribution < -0.4 is 10.6 Å². The summed E-state index contributed by atoms with van der Waals surface area (Å²) in [6, 6.07) is 0.686. The fourth-order valence-corrected chi connectivity index (χ4v) is 4.60. The number of nitrogens with one attached hydrogen (secondary N) is 2. The van der Waals surface area contributed by atoms with Crippen LogP contribution >= 0.6 is 0 Å². The zero-order chi connectivity index (χ0) is 14.7. The molecule has 1 amide bonds. The Hall–Kier alpha value is -0.570. The summed E-state index contributed by atoms with van der Waals surface area (Å²) in [7, 11) is 0. The van der Waals surface area contributed by atoms with Gasteiger partial charge in [-0.3, -0.25) is 4.79 Å². The van der Waals surface area contributed by atoms with Crippen LogP contribution in [0, 0.1) is 17.8 Å². The van der Waals surface area contributed by atoms with Crippen LogP contribution in [0.5, 0.6) is 0 Å². The van der Waals surface area contributed by atoms with Crippen molar-refractivity contribution in [2.45, 2.75) is 83.2 Å². The van der Waals surface area contributed by atoms with Crippen LogP contribution in [0.25, 0.3) is 0 Å². The summed E-state index contributed by atoms with van der Waals surface area (Å²) < 4.78 is 0. The number of hydrogen-bond donors (Lipinski definition) is 2. The van der Waals surface area contributed by atoms with Gasteiger partial charge < -0.3 is 10.6 Å². The van der Waals surface area contributed by atoms with Gasteiger partial charge in [-0.05, 0) is 56.3 Å². The van der Waals surface area contributed by atoms with Crippen LogP contribution in [0.2, 0.25) is 0 Å². The zero-order valence-electron chi connectivity index (χ0n) is 13.6. The van der Waals surface area contributed by atoms with Crippen LogP contribution in [0.3, 0.4) is 0 Å². The molecule has 3 nitrogen and oxygen atoms in total. The zero-order valence-corrected chi connectivity index (χ0v) is 13.6. The molecule has 2 N–H and O–H groups in total. The van der Waals surface area contributed by atoms with Gasteiger partial charge in [0.15, 0.2) is 0 Å². The first-order chi connectivity index (χ1) is 10.2. The molecule has 3 aliphatic rings. The van der Waals surface area contributed by atoms with E-state index in [9.17, 15) is 4.79 Å². The molecule has 3 rings (SSSR count). The number of carbonyl (C=O) groups excluding carboxylic acids is 1. The van der Waals surface area contributed by atoms with Crippen molar-refractivity contribution < 1.29 is 4.79 Å². The highest BCUT2D eigenvalue weighted by Crippen LogP contribution is 2.32. The van der Waals surface area contributed by atoms with Gasteiger partial charge in [0.1, 0.15) is 0 Å². The quantitative estimate of drug-likeness (QED) is 0.838. The normalized spacial score (nSPS) is 40.3. The highest BCUT2D eigenvalue weighted by atomic mass is 16.2. The van der Waals surface area contributed by atoms with E-state index < -0.39 is 0 Å².